The molecule has 0 unspecified atom stereocenters. The number of carboxylic acid groups (broad SMARTS) is 1. The Kier molecular flexibility index (Phi) is 7.92. The summed E-state index contributed by atoms with van der Waals surface area (Å²) >= 11 is 0. The molecule has 27 heavy (non-hydrogen) atoms. The highest BCUT2D eigenvalue weighted by molar-refractivity contribution is 5.94. The van der Waals surface area contributed by atoms with Crippen LogP contribution >= 0.6 is 12.4 Å². The van der Waals surface area contributed by atoms with Crippen LogP contribution in [0.3, 0.4) is 0 Å². The number of rotatable bonds is 8. The Morgan fingerprint density at radius 2 is 1.93 bits per heavy atom. The van der Waals surface area contributed by atoms with Crippen molar-refractivity contribution >= 4 is 30.1 Å². The van der Waals surface area contributed by atoms with Crippen molar-refractivity contribution in [2.75, 3.05) is 24.5 Å². The topological polar surface area (TPSA) is 86.9 Å². The van der Waals surface area contributed by atoms with E-state index in [-0.39, 0.29) is 24.9 Å². The second kappa shape index (κ2) is 9.95. The lowest BCUT2D eigenvalue weighted by atomic mass is 9.98. The SMILES string of the molecule is Cl.N[C@@H]1CCC[C@H]1CCCN1CCN(c2ccc(CCC(=O)O)cc2)C1=O. The molecule has 2 fully saturated rings. The lowest BCUT2D eigenvalue weighted by Gasteiger charge is -2.20. The molecule has 6 nitrogen and oxygen atoms in total. The average molecular weight is 396 g/mol. The van der Waals surface area contributed by atoms with Gasteiger partial charge in [0.25, 0.3) is 0 Å². The lowest BCUT2D eigenvalue weighted by molar-refractivity contribution is -0.136. The molecule has 1 aliphatic carbocycles. The summed E-state index contributed by atoms with van der Waals surface area (Å²) in [5, 5.41) is 8.76. The highest BCUT2D eigenvalue weighted by atomic mass is 35.5. The summed E-state index contributed by atoms with van der Waals surface area (Å²) < 4.78 is 0. The highest BCUT2D eigenvalue weighted by Gasteiger charge is 2.30. The van der Waals surface area contributed by atoms with Crippen molar-refractivity contribution in [2.45, 2.75) is 51.0 Å². The van der Waals surface area contributed by atoms with E-state index in [1.165, 1.54) is 12.8 Å². The number of aliphatic carboxylic acids is 1. The van der Waals surface area contributed by atoms with E-state index >= 15 is 0 Å². The summed E-state index contributed by atoms with van der Waals surface area (Å²) in [6.45, 7) is 2.27. The monoisotopic (exact) mass is 395 g/mol. The second-order valence-corrected chi connectivity index (χ2v) is 7.48. The zero-order valence-electron chi connectivity index (χ0n) is 15.7. The second-order valence-electron chi connectivity index (χ2n) is 7.48. The summed E-state index contributed by atoms with van der Waals surface area (Å²) in [5.74, 6) is -0.167. The molecule has 150 valence electrons. The van der Waals surface area contributed by atoms with Crippen LogP contribution in [0.4, 0.5) is 10.5 Å². The molecular weight excluding hydrogens is 366 g/mol. The van der Waals surface area contributed by atoms with Crippen molar-refractivity contribution < 1.29 is 14.7 Å². The molecule has 1 aromatic carbocycles. The highest BCUT2D eigenvalue weighted by Crippen LogP contribution is 2.28. The molecule has 1 aromatic rings. The molecular formula is C20H30ClN3O3. The van der Waals surface area contributed by atoms with Crippen LogP contribution in [0.1, 0.15) is 44.1 Å². The van der Waals surface area contributed by atoms with Crippen molar-refractivity contribution in [1.29, 1.82) is 0 Å². The van der Waals surface area contributed by atoms with Gasteiger partial charge in [0.1, 0.15) is 0 Å². The van der Waals surface area contributed by atoms with Crippen molar-refractivity contribution in [3.8, 4) is 0 Å². The zero-order chi connectivity index (χ0) is 18.5. The Morgan fingerprint density at radius 3 is 2.56 bits per heavy atom. The molecule has 2 amide bonds. The Labute approximate surface area is 167 Å². The zero-order valence-corrected chi connectivity index (χ0v) is 16.5. The number of hydrogen-bond donors (Lipinski definition) is 2. The molecule has 0 spiro atoms. The minimum Gasteiger partial charge on any atom is -0.481 e. The van der Waals surface area contributed by atoms with Gasteiger partial charge >= 0.3 is 12.0 Å². The predicted octanol–water partition coefficient (Wildman–Crippen LogP) is 3.28. The van der Waals surface area contributed by atoms with Gasteiger partial charge in [-0.15, -0.1) is 12.4 Å². The molecule has 1 saturated heterocycles. The normalized spacial score (nSPS) is 22.2. The maximum atomic E-state index is 12.6. The van der Waals surface area contributed by atoms with Crippen LogP contribution in [0.5, 0.6) is 0 Å². The Morgan fingerprint density at radius 1 is 1.19 bits per heavy atom. The number of anilines is 1. The third-order valence-electron chi connectivity index (χ3n) is 5.69. The van der Waals surface area contributed by atoms with Gasteiger partial charge in [0.05, 0.1) is 0 Å². The van der Waals surface area contributed by atoms with Gasteiger partial charge in [0.2, 0.25) is 0 Å². The number of aryl methyl sites for hydroxylation is 1. The summed E-state index contributed by atoms with van der Waals surface area (Å²) in [6.07, 6.45) is 6.39. The Hall–Kier alpha value is -1.79. The number of nitrogens with zero attached hydrogens (tertiary/aromatic N) is 2. The minimum atomic E-state index is -0.794. The van der Waals surface area contributed by atoms with Crippen LogP contribution in [-0.2, 0) is 11.2 Å². The van der Waals surface area contributed by atoms with E-state index in [4.69, 9.17) is 10.8 Å². The van der Waals surface area contributed by atoms with E-state index in [1.807, 2.05) is 34.1 Å². The largest absolute Gasteiger partial charge is 0.481 e. The number of carbonyl (C=O) groups excluding carboxylic acids is 1. The summed E-state index contributed by atoms with van der Waals surface area (Å²) in [7, 11) is 0. The predicted molar refractivity (Wildman–Crippen MR) is 109 cm³/mol. The number of benzene rings is 1. The van der Waals surface area contributed by atoms with E-state index in [2.05, 4.69) is 0 Å². The smallest absolute Gasteiger partial charge is 0.324 e. The fraction of sp³-hybridized carbons (Fsp3) is 0.600. The van der Waals surface area contributed by atoms with E-state index in [0.29, 0.717) is 24.9 Å². The Bertz CT molecular complexity index is 638. The van der Waals surface area contributed by atoms with Crippen LogP contribution in [0.2, 0.25) is 0 Å². The molecule has 0 bridgehead atoms. The van der Waals surface area contributed by atoms with Crippen LogP contribution in [0, 0.1) is 5.92 Å². The first kappa shape index (κ1) is 21.5. The van der Waals surface area contributed by atoms with Gasteiger partial charge in [0, 0.05) is 37.8 Å². The van der Waals surface area contributed by atoms with Gasteiger partial charge in [-0.1, -0.05) is 18.6 Å². The first-order valence-electron chi connectivity index (χ1n) is 9.67. The van der Waals surface area contributed by atoms with Crippen LogP contribution in [0.15, 0.2) is 24.3 Å². The molecule has 3 N–H and O–H groups in total. The van der Waals surface area contributed by atoms with E-state index < -0.39 is 5.97 Å². The lowest BCUT2D eigenvalue weighted by Crippen LogP contribution is -2.33. The number of amides is 2. The maximum Gasteiger partial charge on any atom is 0.324 e. The first-order valence-corrected chi connectivity index (χ1v) is 9.67. The molecule has 3 rings (SSSR count). The van der Waals surface area contributed by atoms with Crippen molar-refractivity contribution in [2.24, 2.45) is 11.7 Å². The van der Waals surface area contributed by atoms with Gasteiger partial charge in [-0.05, 0) is 55.7 Å². The molecule has 1 heterocycles. The fourth-order valence-corrected chi connectivity index (χ4v) is 4.09. The molecule has 0 aromatic heterocycles. The summed E-state index contributed by atoms with van der Waals surface area (Å²) in [4.78, 5) is 27.0. The van der Waals surface area contributed by atoms with Crippen molar-refractivity contribution in [1.82, 2.24) is 4.90 Å². The summed E-state index contributed by atoms with van der Waals surface area (Å²) in [5.41, 5.74) is 7.99. The number of carboxylic acids is 1. The fourth-order valence-electron chi connectivity index (χ4n) is 4.09. The van der Waals surface area contributed by atoms with Crippen molar-refractivity contribution in [3.63, 3.8) is 0 Å². The Balaban J connectivity index is 0.00000261. The van der Waals surface area contributed by atoms with E-state index in [9.17, 15) is 9.59 Å². The first-order chi connectivity index (χ1) is 12.5. The number of carbonyl (C=O) groups is 2. The number of nitrogens with two attached hydrogens (primary N) is 1. The van der Waals surface area contributed by atoms with Crippen molar-refractivity contribution in [3.05, 3.63) is 29.8 Å². The van der Waals surface area contributed by atoms with Gasteiger partial charge in [-0.3, -0.25) is 9.69 Å². The van der Waals surface area contributed by atoms with Crippen LogP contribution in [-0.4, -0.2) is 47.7 Å². The van der Waals surface area contributed by atoms with Crippen LogP contribution < -0.4 is 10.6 Å². The number of urea groups is 1. The number of hydrogen-bond acceptors (Lipinski definition) is 3. The summed E-state index contributed by atoms with van der Waals surface area (Å²) in [6, 6.07) is 8.07. The van der Waals surface area contributed by atoms with Gasteiger partial charge in [0.15, 0.2) is 0 Å². The van der Waals surface area contributed by atoms with Gasteiger partial charge in [-0.25, -0.2) is 4.79 Å². The maximum absolute atomic E-state index is 12.6. The third-order valence-corrected chi connectivity index (χ3v) is 5.69. The van der Waals surface area contributed by atoms with E-state index in [1.54, 1.807) is 0 Å². The average Bonchev–Trinajstić information content (AvgIpc) is 3.20. The third kappa shape index (κ3) is 5.59. The molecule has 0 radical (unpaired) electrons. The van der Waals surface area contributed by atoms with Crippen LogP contribution in [0.25, 0.3) is 0 Å². The quantitative estimate of drug-likeness (QED) is 0.707. The minimum absolute atomic E-state index is 0. The van der Waals surface area contributed by atoms with E-state index in [0.717, 1.165) is 43.6 Å². The van der Waals surface area contributed by atoms with Gasteiger partial charge < -0.3 is 15.7 Å². The molecule has 1 saturated carbocycles. The molecule has 1 aliphatic heterocycles. The molecule has 2 aliphatic rings. The number of halogens is 1. The standard InChI is InChI=1S/C20H29N3O3.ClH/c21-18-5-1-3-16(18)4-2-12-22-13-14-23(20(22)26)17-9-6-15(7-10-17)8-11-19(24)25;/h6-7,9-10,16,18H,1-5,8,11-14,21H2,(H,24,25);1H/t16-,18+;/m0./s1. The molecule has 2 atom stereocenters. The van der Waals surface area contributed by atoms with Gasteiger partial charge in [-0.2, -0.15) is 0 Å². The molecule has 7 heteroatoms.